The number of nitrogens with two attached hydrogens (primary N) is 1. The Morgan fingerprint density at radius 1 is 1.17 bits per heavy atom. The second-order valence-corrected chi connectivity index (χ2v) is 7.03. The number of nitrogens with zero attached hydrogens (tertiary/aromatic N) is 3. The lowest BCUT2D eigenvalue weighted by Crippen LogP contribution is -2.25. The van der Waals surface area contributed by atoms with Crippen molar-refractivity contribution in [3.63, 3.8) is 0 Å². The van der Waals surface area contributed by atoms with Gasteiger partial charge in [-0.1, -0.05) is 52.7 Å². The van der Waals surface area contributed by atoms with Crippen molar-refractivity contribution in [2.45, 2.75) is 26.9 Å². The van der Waals surface area contributed by atoms with Crippen LogP contribution >= 0.6 is 11.6 Å². The minimum Gasteiger partial charge on any atom is -0.382 e. The first-order valence-electron chi connectivity index (χ1n) is 8.93. The second kappa shape index (κ2) is 8.74. The Hall–Kier alpha value is -3.39. The number of halogens is 1. The van der Waals surface area contributed by atoms with E-state index in [9.17, 15) is 9.59 Å². The van der Waals surface area contributed by atoms with Crippen molar-refractivity contribution in [2.24, 2.45) is 0 Å². The van der Waals surface area contributed by atoms with Gasteiger partial charge in [-0.3, -0.25) is 9.59 Å². The van der Waals surface area contributed by atoms with Gasteiger partial charge in [0.2, 0.25) is 5.91 Å². The summed E-state index contributed by atoms with van der Waals surface area (Å²) in [4.78, 5) is 24.7. The third-order valence-corrected chi connectivity index (χ3v) is 4.70. The predicted octanol–water partition coefficient (Wildman–Crippen LogP) is 2.70. The molecule has 4 N–H and O–H groups in total. The van der Waals surface area contributed by atoms with Crippen LogP contribution in [0.2, 0.25) is 5.02 Å². The van der Waals surface area contributed by atoms with Crippen LogP contribution in [0.3, 0.4) is 0 Å². The lowest BCUT2D eigenvalue weighted by molar-refractivity contribution is -0.116. The zero-order valence-corrected chi connectivity index (χ0v) is 16.8. The molecule has 1 heterocycles. The molecular formula is C20H21ClN6O2. The number of rotatable bonds is 6. The molecule has 0 aliphatic heterocycles. The van der Waals surface area contributed by atoms with Gasteiger partial charge in [-0.2, -0.15) is 0 Å². The number of nitrogens with one attached hydrogen (secondary N) is 2. The van der Waals surface area contributed by atoms with Gasteiger partial charge in [-0.25, -0.2) is 4.68 Å². The van der Waals surface area contributed by atoms with E-state index in [1.165, 1.54) is 4.68 Å². The molecule has 8 nitrogen and oxygen atoms in total. The van der Waals surface area contributed by atoms with Crippen LogP contribution in [0.15, 0.2) is 42.5 Å². The predicted molar refractivity (Wildman–Crippen MR) is 112 cm³/mol. The second-order valence-electron chi connectivity index (χ2n) is 6.62. The fourth-order valence-corrected chi connectivity index (χ4v) is 2.98. The number of hydrogen-bond donors (Lipinski definition) is 3. The highest BCUT2D eigenvalue weighted by atomic mass is 35.5. The maximum Gasteiger partial charge on any atom is 0.275 e. The van der Waals surface area contributed by atoms with Gasteiger partial charge in [0.15, 0.2) is 11.5 Å². The topological polar surface area (TPSA) is 115 Å². The highest BCUT2D eigenvalue weighted by molar-refractivity contribution is 6.31. The number of amides is 2. The summed E-state index contributed by atoms with van der Waals surface area (Å²) in [7, 11) is 0. The summed E-state index contributed by atoms with van der Waals surface area (Å²) >= 11 is 6.08. The number of anilines is 2. The highest BCUT2D eigenvalue weighted by Gasteiger charge is 2.19. The largest absolute Gasteiger partial charge is 0.382 e. The van der Waals surface area contributed by atoms with Gasteiger partial charge < -0.3 is 16.4 Å². The molecule has 0 saturated heterocycles. The van der Waals surface area contributed by atoms with E-state index in [-0.39, 0.29) is 30.5 Å². The van der Waals surface area contributed by atoms with Crippen molar-refractivity contribution in [1.29, 1.82) is 0 Å². The summed E-state index contributed by atoms with van der Waals surface area (Å²) in [5.74, 6) is -0.808. The number of carbonyl (C=O) groups excluding carboxylic acids is 2. The third kappa shape index (κ3) is 4.91. The molecule has 2 aromatic carbocycles. The molecule has 0 fully saturated rings. The summed E-state index contributed by atoms with van der Waals surface area (Å²) in [6, 6.07) is 12.9. The van der Waals surface area contributed by atoms with Crippen molar-refractivity contribution < 1.29 is 9.59 Å². The molecule has 2 amide bonds. The first-order valence-corrected chi connectivity index (χ1v) is 9.30. The van der Waals surface area contributed by atoms with E-state index in [2.05, 4.69) is 20.9 Å². The Morgan fingerprint density at radius 3 is 2.66 bits per heavy atom. The zero-order valence-electron chi connectivity index (χ0n) is 16.1. The van der Waals surface area contributed by atoms with E-state index in [0.717, 1.165) is 16.7 Å². The Labute approximate surface area is 173 Å². The van der Waals surface area contributed by atoms with Crippen LogP contribution in [0.4, 0.5) is 11.5 Å². The Bertz CT molecular complexity index is 1060. The van der Waals surface area contributed by atoms with E-state index in [4.69, 9.17) is 17.3 Å². The van der Waals surface area contributed by atoms with E-state index in [0.29, 0.717) is 10.7 Å². The molecule has 0 aliphatic rings. The van der Waals surface area contributed by atoms with Crippen LogP contribution in [-0.2, 0) is 17.9 Å². The lowest BCUT2D eigenvalue weighted by Gasteiger charge is -2.09. The van der Waals surface area contributed by atoms with Crippen molar-refractivity contribution in [3.05, 3.63) is 69.9 Å². The van der Waals surface area contributed by atoms with Gasteiger partial charge in [-0.15, -0.1) is 5.10 Å². The van der Waals surface area contributed by atoms with E-state index >= 15 is 0 Å². The van der Waals surface area contributed by atoms with E-state index in [1.807, 2.05) is 38.1 Å². The minimum absolute atomic E-state index is 0.0115. The van der Waals surface area contributed by atoms with Crippen molar-refractivity contribution in [1.82, 2.24) is 20.3 Å². The first kappa shape index (κ1) is 20.3. The number of aryl methyl sites for hydroxylation is 2. The van der Waals surface area contributed by atoms with Crippen LogP contribution in [0.25, 0.3) is 0 Å². The molecular weight excluding hydrogens is 392 g/mol. The maximum atomic E-state index is 12.4. The van der Waals surface area contributed by atoms with Crippen molar-refractivity contribution in [3.8, 4) is 0 Å². The number of hydrogen-bond acceptors (Lipinski definition) is 5. The van der Waals surface area contributed by atoms with Crippen molar-refractivity contribution in [2.75, 3.05) is 11.1 Å². The quantitative estimate of drug-likeness (QED) is 0.575. The molecule has 0 saturated carbocycles. The SMILES string of the molecule is Cc1ccc(NC(=O)Cn2nnc(C(=O)NCc3ccccc3Cl)c2N)c(C)c1. The van der Waals surface area contributed by atoms with E-state index in [1.54, 1.807) is 18.2 Å². The first-order chi connectivity index (χ1) is 13.8. The van der Waals surface area contributed by atoms with Gasteiger partial charge in [-0.05, 0) is 37.1 Å². The van der Waals surface area contributed by atoms with Gasteiger partial charge in [0.25, 0.3) is 5.91 Å². The summed E-state index contributed by atoms with van der Waals surface area (Å²) in [6.07, 6.45) is 0. The molecule has 1 aromatic heterocycles. The number of aromatic nitrogens is 3. The molecule has 0 aliphatic carbocycles. The molecule has 0 unspecified atom stereocenters. The lowest BCUT2D eigenvalue weighted by atomic mass is 10.1. The van der Waals surface area contributed by atoms with Gasteiger partial charge in [0.05, 0.1) is 0 Å². The standard InChI is InChI=1S/C20H21ClN6O2/c1-12-7-8-16(13(2)9-12)24-17(28)11-27-19(22)18(25-26-27)20(29)23-10-14-5-3-4-6-15(14)21/h3-9H,10-11,22H2,1-2H3,(H,23,29)(H,24,28). The molecule has 150 valence electrons. The van der Waals surface area contributed by atoms with Crippen LogP contribution in [0.1, 0.15) is 27.2 Å². The number of nitrogen functional groups attached to an aromatic ring is 1. The molecule has 3 rings (SSSR count). The molecule has 0 bridgehead atoms. The molecule has 29 heavy (non-hydrogen) atoms. The third-order valence-electron chi connectivity index (χ3n) is 4.34. The molecule has 9 heteroatoms. The minimum atomic E-state index is -0.497. The van der Waals surface area contributed by atoms with Gasteiger partial charge in [0, 0.05) is 17.3 Å². The normalized spacial score (nSPS) is 10.6. The monoisotopic (exact) mass is 412 g/mol. The average molecular weight is 413 g/mol. The van der Waals surface area contributed by atoms with Gasteiger partial charge >= 0.3 is 0 Å². The Balaban J connectivity index is 1.63. The van der Waals surface area contributed by atoms with Crippen LogP contribution in [0, 0.1) is 13.8 Å². The van der Waals surface area contributed by atoms with E-state index < -0.39 is 5.91 Å². The zero-order chi connectivity index (χ0) is 21.0. The van der Waals surface area contributed by atoms with Crippen LogP contribution in [-0.4, -0.2) is 26.8 Å². The fraction of sp³-hybridized carbons (Fsp3) is 0.200. The molecule has 0 spiro atoms. The average Bonchev–Trinajstić information content (AvgIpc) is 3.03. The fourth-order valence-electron chi connectivity index (χ4n) is 2.78. The summed E-state index contributed by atoms with van der Waals surface area (Å²) in [5, 5.41) is 13.7. The number of benzene rings is 2. The summed E-state index contributed by atoms with van der Waals surface area (Å²) in [5.41, 5.74) is 9.44. The van der Waals surface area contributed by atoms with Crippen molar-refractivity contribution >= 4 is 34.9 Å². The van der Waals surface area contributed by atoms with Crippen LogP contribution in [0.5, 0.6) is 0 Å². The Kier molecular flexibility index (Phi) is 6.13. The smallest absolute Gasteiger partial charge is 0.275 e. The molecule has 0 radical (unpaired) electrons. The summed E-state index contributed by atoms with van der Waals surface area (Å²) in [6.45, 7) is 3.95. The summed E-state index contributed by atoms with van der Waals surface area (Å²) < 4.78 is 1.18. The number of carbonyl (C=O) groups is 2. The van der Waals surface area contributed by atoms with Crippen LogP contribution < -0.4 is 16.4 Å². The highest BCUT2D eigenvalue weighted by Crippen LogP contribution is 2.17. The maximum absolute atomic E-state index is 12.4. The molecule has 3 aromatic rings. The Morgan fingerprint density at radius 2 is 1.93 bits per heavy atom. The molecule has 0 atom stereocenters. The van der Waals surface area contributed by atoms with Gasteiger partial charge in [0.1, 0.15) is 6.54 Å².